The van der Waals surface area contributed by atoms with E-state index in [1.165, 1.54) is 12.4 Å². The predicted molar refractivity (Wildman–Crippen MR) is 115 cm³/mol. The number of para-hydroxylation sites is 1. The van der Waals surface area contributed by atoms with Crippen molar-refractivity contribution in [2.45, 2.75) is 17.9 Å². The van der Waals surface area contributed by atoms with E-state index in [1.54, 1.807) is 4.68 Å². The number of hydrogen-bond acceptors (Lipinski definition) is 5. The standard InChI is InChI=1S/C22H26N4O3S/c1-18-6-5-7-19(14-18)22(25-10-12-29-13-11-25)16-24-30(27,28)21-15-23-26(17-21)20-8-3-2-4-9-20/h2-9,14-15,17,22,24H,10-13,16H2,1H3. The predicted octanol–water partition coefficient (Wildman–Crippen LogP) is 2.53. The van der Waals surface area contributed by atoms with Gasteiger partial charge in [0.1, 0.15) is 4.90 Å². The Kier molecular flexibility index (Phi) is 6.29. The van der Waals surface area contributed by atoms with Gasteiger partial charge < -0.3 is 4.74 Å². The van der Waals surface area contributed by atoms with Crippen molar-refractivity contribution in [2.24, 2.45) is 0 Å². The lowest BCUT2D eigenvalue weighted by Crippen LogP contribution is -2.43. The van der Waals surface area contributed by atoms with Crippen molar-refractivity contribution in [3.8, 4) is 5.69 Å². The smallest absolute Gasteiger partial charge is 0.243 e. The average molecular weight is 427 g/mol. The van der Waals surface area contributed by atoms with Crippen LogP contribution in [0.5, 0.6) is 0 Å². The Morgan fingerprint density at radius 2 is 1.87 bits per heavy atom. The minimum absolute atomic E-state index is 0.0623. The van der Waals surface area contributed by atoms with Crippen LogP contribution in [0.4, 0.5) is 0 Å². The van der Waals surface area contributed by atoms with Gasteiger partial charge >= 0.3 is 0 Å². The van der Waals surface area contributed by atoms with E-state index >= 15 is 0 Å². The number of hydrogen-bond donors (Lipinski definition) is 1. The first-order chi connectivity index (χ1) is 14.5. The maximum atomic E-state index is 13.0. The Hall–Kier alpha value is -2.52. The van der Waals surface area contributed by atoms with Crippen LogP contribution in [0.15, 0.2) is 71.9 Å². The van der Waals surface area contributed by atoms with Crippen molar-refractivity contribution in [2.75, 3.05) is 32.8 Å². The van der Waals surface area contributed by atoms with Crippen molar-refractivity contribution in [1.82, 2.24) is 19.4 Å². The number of ether oxygens (including phenoxy) is 1. The first-order valence-corrected chi connectivity index (χ1v) is 11.5. The maximum Gasteiger partial charge on any atom is 0.243 e. The van der Waals surface area contributed by atoms with Gasteiger partial charge in [-0.25, -0.2) is 17.8 Å². The van der Waals surface area contributed by atoms with E-state index in [-0.39, 0.29) is 17.5 Å². The molecule has 158 valence electrons. The van der Waals surface area contributed by atoms with Gasteiger partial charge in [0.2, 0.25) is 10.0 Å². The zero-order chi connectivity index (χ0) is 21.0. The number of morpholine rings is 1. The van der Waals surface area contributed by atoms with Gasteiger partial charge in [-0.2, -0.15) is 5.10 Å². The van der Waals surface area contributed by atoms with Crippen molar-refractivity contribution in [1.29, 1.82) is 0 Å². The molecule has 0 radical (unpaired) electrons. The molecule has 2 aromatic carbocycles. The molecule has 1 atom stereocenters. The van der Waals surface area contributed by atoms with Gasteiger partial charge in [-0.15, -0.1) is 0 Å². The molecule has 1 fully saturated rings. The Labute approximate surface area is 177 Å². The molecule has 0 amide bonds. The fourth-order valence-corrected chi connectivity index (χ4v) is 4.63. The molecule has 0 bridgehead atoms. The molecular formula is C22H26N4O3S. The summed E-state index contributed by atoms with van der Waals surface area (Å²) in [5.41, 5.74) is 3.06. The topological polar surface area (TPSA) is 76.5 Å². The van der Waals surface area contributed by atoms with Gasteiger partial charge in [0.05, 0.1) is 31.3 Å². The van der Waals surface area contributed by atoms with Crippen LogP contribution in [-0.2, 0) is 14.8 Å². The van der Waals surface area contributed by atoms with Crippen molar-refractivity contribution in [3.05, 3.63) is 78.1 Å². The largest absolute Gasteiger partial charge is 0.379 e. The molecule has 1 aliphatic heterocycles. The average Bonchev–Trinajstić information content (AvgIpc) is 3.27. The highest BCUT2D eigenvalue weighted by atomic mass is 32.2. The van der Waals surface area contributed by atoms with Crippen LogP contribution in [0, 0.1) is 6.92 Å². The first-order valence-electron chi connectivity index (χ1n) is 10.0. The van der Waals surface area contributed by atoms with Crippen LogP contribution >= 0.6 is 0 Å². The van der Waals surface area contributed by atoms with Crippen LogP contribution in [-0.4, -0.2) is 55.9 Å². The first kappa shape index (κ1) is 20.7. The van der Waals surface area contributed by atoms with Gasteiger partial charge in [0.15, 0.2) is 0 Å². The number of nitrogens with zero attached hydrogens (tertiary/aromatic N) is 3. The fourth-order valence-electron chi connectivity index (χ4n) is 3.66. The zero-order valence-corrected chi connectivity index (χ0v) is 17.8. The van der Waals surface area contributed by atoms with E-state index in [1.807, 2.05) is 49.4 Å². The van der Waals surface area contributed by atoms with Gasteiger partial charge in [0, 0.05) is 25.7 Å². The lowest BCUT2D eigenvalue weighted by atomic mass is 10.0. The summed E-state index contributed by atoms with van der Waals surface area (Å²) in [6.45, 7) is 5.17. The monoisotopic (exact) mass is 426 g/mol. The maximum absolute atomic E-state index is 13.0. The van der Waals surface area contributed by atoms with Crippen LogP contribution in [0.25, 0.3) is 5.69 Å². The molecule has 1 aliphatic rings. The van der Waals surface area contributed by atoms with E-state index in [2.05, 4.69) is 26.9 Å². The van der Waals surface area contributed by atoms with Gasteiger partial charge in [0.25, 0.3) is 0 Å². The second-order valence-corrected chi connectivity index (χ2v) is 9.15. The lowest BCUT2D eigenvalue weighted by Gasteiger charge is -2.35. The summed E-state index contributed by atoms with van der Waals surface area (Å²) < 4.78 is 35.7. The Balaban J connectivity index is 1.53. The van der Waals surface area contributed by atoms with E-state index < -0.39 is 10.0 Å². The fraction of sp³-hybridized carbons (Fsp3) is 0.318. The Morgan fingerprint density at radius 3 is 2.60 bits per heavy atom. The molecule has 1 N–H and O–H groups in total. The SMILES string of the molecule is Cc1cccc(C(CNS(=O)(=O)c2cnn(-c3ccccc3)c2)N2CCOCC2)c1. The second-order valence-electron chi connectivity index (χ2n) is 7.39. The Morgan fingerprint density at radius 1 is 1.10 bits per heavy atom. The zero-order valence-electron chi connectivity index (χ0n) is 16.9. The summed E-state index contributed by atoms with van der Waals surface area (Å²) in [6.07, 6.45) is 2.92. The number of nitrogens with one attached hydrogen (secondary N) is 1. The minimum atomic E-state index is -3.69. The molecule has 2 heterocycles. The molecule has 0 aliphatic carbocycles. The number of aromatic nitrogens is 2. The van der Waals surface area contributed by atoms with Gasteiger partial charge in [-0.1, -0.05) is 48.0 Å². The summed E-state index contributed by atoms with van der Waals surface area (Å²) in [5, 5.41) is 4.21. The molecule has 30 heavy (non-hydrogen) atoms. The Bertz CT molecular complexity index is 1080. The third kappa shape index (κ3) is 4.79. The number of benzene rings is 2. The van der Waals surface area contributed by atoms with Crippen LogP contribution in [0.2, 0.25) is 0 Å². The summed E-state index contributed by atoms with van der Waals surface area (Å²) in [4.78, 5) is 2.42. The molecule has 4 rings (SSSR count). The van der Waals surface area contributed by atoms with Crippen molar-refractivity contribution < 1.29 is 13.2 Å². The highest BCUT2D eigenvalue weighted by Crippen LogP contribution is 2.23. The van der Waals surface area contributed by atoms with Crippen LogP contribution in [0.1, 0.15) is 17.2 Å². The molecule has 1 unspecified atom stereocenters. The van der Waals surface area contributed by atoms with Crippen molar-refractivity contribution in [3.63, 3.8) is 0 Å². The number of sulfonamides is 1. The van der Waals surface area contributed by atoms with E-state index in [4.69, 9.17) is 4.74 Å². The van der Waals surface area contributed by atoms with Crippen LogP contribution < -0.4 is 4.72 Å². The minimum Gasteiger partial charge on any atom is -0.379 e. The van der Waals surface area contributed by atoms with Crippen molar-refractivity contribution >= 4 is 10.0 Å². The molecule has 0 spiro atoms. The van der Waals surface area contributed by atoms with E-state index in [9.17, 15) is 8.42 Å². The number of rotatable bonds is 7. The lowest BCUT2D eigenvalue weighted by molar-refractivity contribution is 0.0172. The highest BCUT2D eigenvalue weighted by molar-refractivity contribution is 7.89. The molecule has 3 aromatic rings. The second kappa shape index (κ2) is 9.09. The molecular weight excluding hydrogens is 400 g/mol. The van der Waals surface area contributed by atoms with E-state index in [0.29, 0.717) is 13.2 Å². The number of aryl methyl sites for hydroxylation is 1. The quantitative estimate of drug-likeness (QED) is 0.628. The summed E-state index contributed by atoms with van der Waals surface area (Å²) >= 11 is 0. The third-order valence-corrected chi connectivity index (χ3v) is 6.65. The molecule has 8 heteroatoms. The van der Waals surface area contributed by atoms with Gasteiger partial charge in [-0.3, -0.25) is 4.90 Å². The molecule has 0 saturated carbocycles. The molecule has 1 saturated heterocycles. The highest BCUT2D eigenvalue weighted by Gasteiger charge is 2.26. The summed E-state index contributed by atoms with van der Waals surface area (Å²) in [5.74, 6) is 0. The van der Waals surface area contributed by atoms with Crippen LogP contribution in [0.3, 0.4) is 0 Å². The molecule has 1 aromatic heterocycles. The van der Waals surface area contributed by atoms with E-state index in [0.717, 1.165) is 29.9 Å². The summed E-state index contributed by atoms with van der Waals surface area (Å²) in [7, 11) is -3.69. The summed E-state index contributed by atoms with van der Waals surface area (Å²) in [6, 6.07) is 17.6. The third-order valence-electron chi connectivity index (χ3n) is 5.27. The molecule has 7 nitrogen and oxygen atoms in total. The normalized spacial score (nSPS) is 16.4. The van der Waals surface area contributed by atoms with Gasteiger partial charge in [-0.05, 0) is 24.6 Å².